The quantitative estimate of drug-likeness (QED) is 0.767. The molecule has 2 rings (SSSR count). The van der Waals surface area contributed by atoms with E-state index in [0.29, 0.717) is 0 Å². The summed E-state index contributed by atoms with van der Waals surface area (Å²) in [5.74, 6) is 2.27. The normalized spacial score (nSPS) is 11.6. The van der Waals surface area contributed by atoms with Crippen LogP contribution in [0.25, 0.3) is 11.4 Å². The van der Waals surface area contributed by atoms with Gasteiger partial charge in [-0.05, 0) is 24.8 Å². The van der Waals surface area contributed by atoms with Gasteiger partial charge in [0.1, 0.15) is 11.6 Å². The topological polar surface area (TPSA) is 38.7 Å². The Balaban J connectivity index is 2.40. The van der Waals surface area contributed by atoms with Crippen molar-refractivity contribution in [2.24, 2.45) is 0 Å². The molecule has 1 heterocycles. The Morgan fingerprint density at radius 1 is 0.778 bits per heavy atom. The largest absolute Gasteiger partial charge is 0.219 e. The predicted molar refractivity (Wildman–Crippen MR) is 73.4 cm³/mol. The summed E-state index contributed by atoms with van der Waals surface area (Å²) >= 11 is 0. The maximum atomic E-state index is 4.37. The van der Waals surface area contributed by atoms with Gasteiger partial charge in [-0.1, -0.05) is 45.0 Å². The fourth-order valence-electron chi connectivity index (χ4n) is 1.86. The van der Waals surface area contributed by atoms with E-state index in [0.717, 1.165) is 23.0 Å². The molecular formula is C15H19N3. The minimum Gasteiger partial charge on any atom is -0.219 e. The second kappa shape index (κ2) is 4.48. The third-order valence-electron chi connectivity index (χ3n) is 2.87. The summed E-state index contributed by atoms with van der Waals surface area (Å²) in [7, 11) is 0. The average molecular weight is 241 g/mol. The Morgan fingerprint density at radius 2 is 1.28 bits per heavy atom. The number of rotatable bonds is 1. The molecule has 94 valence electrons. The van der Waals surface area contributed by atoms with Crippen LogP contribution in [-0.2, 0) is 5.41 Å². The molecule has 0 aliphatic rings. The van der Waals surface area contributed by atoms with Crippen LogP contribution in [-0.4, -0.2) is 15.0 Å². The van der Waals surface area contributed by atoms with Gasteiger partial charge in [0.25, 0.3) is 0 Å². The van der Waals surface area contributed by atoms with E-state index in [1.54, 1.807) is 0 Å². The van der Waals surface area contributed by atoms with Crippen LogP contribution in [0.2, 0.25) is 0 Å². The van der Waals surface area contributed by atoms with Gasteiger partial charge in [0, 0.05) is 5.56 Å². The lowest BCUT2D eigenvalue weighted by atomic mass is 9.87. The van der Waals surface area contributed by atoms with Gasteiger partial charge in [0.2, 0.25) is 0 Å². The molecule has 0 spiro atoms. The number of benzene rings is 1. The van der Waals surface area contributed by atoms with Crippen LogP contribution in [0, 0.1) is 13.8 Å². The first kappa shape index (κ1) is 12.7. The summed E-state index contributed by atoms with van der Waals surface area (Å²) in [6.45, 7) is 10.4. The molecule has 0 amide bonds. The summed E-state index contributed by atoms with van der Waals surface area (Å²) in [4.78, 5) is 12.9. The summed E-state index contributed by atoms with van der Waals surface area (Å²) < 4.78 is 0. The molecule has 0 saturated heterocycles. The number of hydrogen-bond acceptors (Lipinski definition) is 3. The molecule has 0 bridgehead atoms. The highest BCUT2D eigenvalue weighted by atomic mass is 15.0. The van der Waals surface area contributed by atoms with Crippen molar-refractivity contribution in [2.75, 3.05) is 0 Å². The molecule has 1 aromatic carbocycles. The van der Waals surface area contributed by atoms with E-state index in [9.17, 15) is 0 Å². The van der Waals surface area contributed by atoms with Crippen LogP contribution < -0.4 is 0 Å². The van der Waals surface area contributed by atoms with E-state index in [1.165, 1.54) is 5.56 Å². The maximum Gasteiger partial charge on any atom is 0.163 e. The first-order valence-electron chi connectivity index (χ1n) is 6.16. The van der Waals surface area contributed by atoms with Gasteiger partial charge < -0.3 is 0 Å². The number of aromatic nitrogens is 3. The van der Waals surface area contributed by atoms with Crippen LogP contribution in [0.5, 0.6) is 0 Å². The van der Waals surface area contributed by atoms with Crippen LogP contribution in [0.4, 0.5) is 0 Å². The Bertz CT molecular complexity index is 531. The number of nitrogens with zero attached hydrogens (tertiary/aromatic N) is 3. The van der Waals surface area contributed by atoms with Crippen LogP contribution >= 0.6 is 0 Å². The highest BCUT2D eigenvalue weighted by Crippen LogP contribution is 2.24. The molecule has 0 aliphatic heterocycles. The first-order chi connectivity index (χ1) is 8.36. The lowest BCUT2D eigenvalue weighted by Gasteiger charge is -2.19. The monoisotopic (exact) mass is 241 g/mol. The Hall–Kier alpha value is -1.77. The van der Waals surface area contributed by atoms with Crippen molar-refractivity contribution >= 4 is 0 Å². The zero-order valence-electron chi connectivity index (χ0n) is 11.7. The molecule has 0 saturated carbocycles. The van der Waals surface area contributed by atoms with E-state index in [2.05, 4.69) is 60.0 Å². The van der Waals surface area contributed by atoms with Crippen molar-refractivity contribution in [3.8, 4) is 11.4 Å². The standard InChI is InChI=1S/C15H19N3/c1-10-16-11(2)18-14(17-10)12-6-8-13(9-7-12)15(3,4)5/h6-9H,1-5H3. The molecule has 18 heavy (non-hydrogen) atoms. The van der Waals surface area contributed by atoms with E-state index in [-0.39, 0.29) is 5.41 Å². The Morgan fingerprint density at radius 3 is 1.72 bits per heavy atom. The third-order valence-corrected chi connectivity index (χ3v) is 2.87. The highest BCUT2D eigenvalue weighted by molar-refractivity contribution is 5.55. The average Bonchev–Trinajstić information content (AvgIpc) is 2.27. The lowest BCUT2D eigenvalue weighted by Crippen LogP contribution is -2.10. The van der Waals surface area contributed by atoms with Crippen molar-refractivity contribution in [2.45, 2.75) is 40.0 Å². The van der Waals surface area contributed by atoms with Gasteiger partial charge in [0.15, 0.2) is 5.82 Å². The molecule has 0 fully saturated rings. The van der Waals surface area contributed by atoms with Crippen molar-refractivity contribution in [3.63, 3.8) is 0 Å². The van der Waals surface area contributed by atoms with Crippen molar-refractivity contribution in [1.29, 1.82) is 0 Å². The van der Waals surface area contributed by atoms with E-state index >= 15 is 0 Å². The predicted octanol–water partition coefficient (Wildman–Crippen LogP) is 3.45. The molecule has 0 radical (unpaired) electrons. The smallest absolute Gasteiger partial charge is 0.163 e. The number of aryl methyl sites for hydroxylation is 2. The summed E-state index contributed by atoms with van der Waals surface area (Å²) in [6, 6.07) is 8.44. The second-order valence-electron chi connectivity index (χ2n) is 5.58. The van der Waals surface area contributed by atoms with Crippen LogP contribution in [0.15, 0.2) is 24.3 Å². The fourth-order valence-corrected chi connectivity index (χ4v) is 1.86. The van der Waals surface area contributed by atoms with Crippen LogP contribution in [0.1, 0.15) is 38.0 Å². The molecule has 0 aliphatic carbocycles. The van der Waals surface area contributed by atoms with Gasteiger partial charge in [-0.2, -0.15) is 0 Å². The molecule has 0 atom stereocenters. The lowest BCUT2D eigenvalue weighted by molar-refractivity contribution is 0.590. The first-order valence-corrected chi connectivity index (χ1v) is 6.16. The molecule has 3 nitrogen and oxygen atoms in total. The van der Waals surface area contributed by atoms with Gasteiger partial charge in [-0.3, -0.25) is 0 Å². The molecule has 0 N–H and O–H groups in total. The Kier molecular flexibility index (Phi) is 3.16. The molecule has 3 heteroatoms. The van der Waals surface area contributed by atoms with Crippen molar-refractivity contribution in [1.82, 2.24) is 15.0 Å². The molecule has 2 aromatic rings. The fraction of sp³-hybridized carbons (Fsp3) is 0.400. The van der Waals surface area contributed by atoms with Gasteiger partial charge in [0.05, 0.1) is 0 Å². The van der Waals surface area contributed by atoms with Gasteiger partial charge in [-0.25, -0.2) is 15.0 Å². The summed E-state index contributed by atoms with van der Waals surface area (Å²) in [5, 5.41) is 0. The maximum absolute atomic E-state index is 4.37. The van der Waals surface area contributed by atoms with E-state index in [4.69, 9.17) is 0 Å². The van der Waals surface area contributed by atoms with E-state index < -0.39 is 0 Å². The van der Waals surface area contributed by atoms with E-state index in [1.807, 2.05) is 13.8 Å². The second-order valence-corrected chi connectivity index (χ2v) is 5.58. The highest BCUT2D eigenvalue weighted by Gasteiger charge is 2.13. The van der Waals surface area contributed by atoms with Gasteiger partial charge >= 0.3 is 0 Å². The molecular weight excluding hydrogens is 222 g/mol. The van der Waals surface area contributed by atoms with Crippen LogP contribution in [0.3, 0.4) is 0 Å². The zero-order valence-corrected chi connectivity index (χ0v) is 11.7. The third kappa shape index (κ3) is 2.73. The Labute approximate surface area is 108 Å². The minimum absolute atomic E-state index is 0.170. The summed E-state index contributed by atoms with van der Waals surface area (Å²) in [6.07, 6.45) is 0. The summed E-state index contributed by atoms with van der Waals surface area (Å²) in [5.41, 5.74) is 2.52. The molecule has 1 aromatic heterocycles. The molecule has 0 unspecified atom stereocenters. The van der Waals surface area contributed by atoms with Gasteiger partial charge in [-0.15, -0.1) is 0 Å². The zero-order chi connectivity index (χ0) is 13.3. The van der Waals surface area contributed by atoms with Crippen molar-refractivity contribution < 1.29 is 0 Å². The number of hydrogen-bond donors (Lipinski definition) is 0. The minimum atomic E-state index is 0.170. The van der Waals surface area contributed by atoms with Crippen molar-refractivity contribution in [3.05, 3.63) is 41.5 Å². The SMILES string of the molecule is Cc1nc(C)nc(-c2ccc(C(C)(C)C)cc2)n1.